The van der Waals surface area contributed by atoms with Gasteiger partial charge in [-0.25, -0.2) is 4.98 Å². The number of halogens is 1. The number of hydrogen-bond acceptors (Lipinski definition) is 5. The second-order valence-corrected chi connectivity index (χ2v) is 5.03. The molecule has 22 heavy (non-hydrogen) atoms. The van der Waals surface area contributed by atoms with Crippen LogP contribution >= 0.6 is 11.6 Å². The largest absolute Gasteiger partial charge is 0.483 e. The number of nitrogens with zero attached hydrogens (tertiary/aromatic N) is 3. The van der Waals surface area contributed by atoms with Gasteiger partial charge in [-0.1, -0.05) is 30.3 Å². The summed E-state index contributed by atoms with van der Waals surface area (Å²) < 4.78 is 5.77. The van der Waals surface area contributed by atoms with E-state index in [4.69, 9.17) is 16.3 Å². The van der Waals surface area contributed by atoms with E-state index in [0.29, 0.717) is 24.0 Å². The van der Waals surface area contributed by atoms with E-state index < -0.39 is 0 Å². The Kier molecular flexibility index (Phi) is 4.20. The number of benzene rings is 1. The van der Waals surface area contributed by atoms with Crippen molar-refractivity contribution in [3.8, 4) is 5.75 Å². The van der Waals surface area contributed by atoms with Crippen LogP contribution in [0, 0.1) is 6.92 Å². The van der Waals surface area contributed by atoms with E-state index >= 15 is 0 Å². The van der Waals surface area contributed by atoms with Gasteiger partial charge in [-0.3, -0.25) is 5.10 Å². The van der Waals surface area contributed by atoms with E-state index in [2.05, 4.69) is 25.5 Å². The summed E-state index contributed by atoms with van der Waals surface area (Å²) in [7, 11) is 0. The summed E-state index contributed by atoms with van der Waals surface area (Å²) in [6.45, 7) is 2.33. The second-order valence-electron chi connectivity index (χ2n) is 4.69. The lowest BCUT2D eigenvalue weighted by Gasteiger charge is -2.10. The average Bonchev–Trinajstić information content (AvgIpc) is 2.93. The highest BCUT2D eigenvalue weighted by Gasteiger charge is 2.10. The van der Waals surface area contributed by atoms with Gasteiger partial charge in [0, 0.05) is 11.8 Å². The van der Waals surface area contributed by atoms with Gasteiger partial charge in [-0.2, -0.15) is 10.1 Å². The third kappa shape index (κ3) is 3.53. The Balaban J connectivity index is 1.78. The lowest BCUT2D eigenvalue weighted by atomic mass is 10.2. The standard InChI is InChI=1S/C15H14ClN5O/c1-10-7-13(21-20-10)18-14-12(8-17-15(16)19-14)22-9-11-5-3-2-4-6-11/h2-8H,9H2,1H3,(H2,17,18,19,20,21). The fraction of sp³-hybridized carbons (Fsp3) is 0.133. The topological polar surface area (TPSA) is 75.7 Å². The zero-order valence-electron chi connectivity index (χ0n) is 11.9. The fourth-order valence-corrected chi connectivity index (χ4v) is 2.02. The van der Waals surface area contributed by atoms with Crippen molar-refractivity contribution in [2.45, 2.75) is 13.5 Å². The third-order valence-electron chi connectivity index (χ3n) is 2.92. The van der Waals surface area contributed by atoms with Crippen LogP contribution in [0.25, 0.3) is 0 Å². The first-order valence-corrected chi connectivity index (χ1v) is 7.07. The molecule has 3 aromatic rings. The predicted octanol–water partition coefficient (Wildman–Crippen LogP) is 3.48. The van der Waals surface area contributed by atoms with E-state index in [0.717, 1.165) is 11.3 Å². The number of aromatic amines is 1. The first kappa shape index (κ1) is 14.3. The molecule has 0 unspecified atom stereocenters. The molecule has 2 heterocycles. The van der Waals surface area contributed by atoms with Crippen LogP contribution in [0.1, 0.15) is 11.3 Å². The number of anilines is 2. The molecule has 6 nitrogen and oxygen atoms in total. The van der Waals surface area contributed by atoms with E-state index in [-0.39, 0.29) is 5.28 Å². The number of rotatable bonds is 5. The molecular formula is C15H14ClN5O. The molecule has 0 saturated carbocycles. The molecule has 3 rings (SSSR count). The first-order valence-electron chi connectivity index (χ1n) is 6.69. The normalized spacial score (nSPS) is 10.5. The molecular weight excluding hydrogens is 302 g/mol. The van der Waals surface area contributed by atoms with Gasteiger partial charge in [0.25, 0.3) is 0 Å². The zero-order chi connectivity index (χ0) is 15.4. The highest BCUT2D eigenvalue weighted by atomic mass is 35.5. The number of aryl methyl sites for hydroxylation is 1. The van der Waals surface area contributed by atoms with Crippen molar-refractivity contribution in [3.05, 3.63) is 59.1 Å². The Hall–Kier alpha value is -2.60. The van der Waals surface area contributed by atoms with Crippen LogP contribution in [0.15, 0.2) is 42.6 Å². The van der Waals surface area contributed by atoms with Gasteiger partial charge in [-0.05, 0) is 24.1 Å². The molecule has 2 aromatic heterocycles. The predicted molar refractivity (Wildman–Crippen MR) is 84.4 cm³/mol. The minimum Gasteiger partial charge on any atom is -0.483 e. The fourth-order valence-electron chi connectivity index (χ4n) is 1.88. The Morgan fingerprint density at radius 3 is 2.82 bits per heavy atom. The van der Waals surface area contributed by atoms with E-state index in [9.17, 15) is 0 Å². The summed E-state index contributed by atoms with van der Waals surface area (Å²) in [5.41, 5.74) is 1.99. The molecule has 1 aromatic carbocycles. The summed E-state index contributed by atoms with van der Waals surface area (Å²) in [6.07, 6.45) is 1.54. The van der Waals surface area contributed by atoms with Crippen LogP contribution in [-0.4, -0.2) is 20.2 Å². The van der Waals surface area contributed by atoms with Gasteiger partial charge in [0.15, 0.2) is 17.4 Å². The van der Waals surface area contributed by atoms with Crippen LogP contribution in [0.5, 0.6) is 5.75 Å². The van der Waals surface area contributed by atoms with Crippen molar-refractivity contribution in [2.75, 3.05) is 5.32 Å². The summed E-state index contributed by atoms with van der Waals surface area (Å²) >= 11 is 5.86. The minimum atomic E-state index is 0.141. The van der Waals surface area contributed by atoms with Gasteiger partial charge in [0.1, 0.15) is 6.61 Å². The maximum Gasteiger partial charge on any atom is 0.224 e. The quantitative estimate of drug-likeness (QED) is 0.705. The van der Waals surface area contributed by atoms with E-state index in [1.165, 1.54) is 0 Å². The number of H-pyrrole nitrogens is 1. The number of aromatic nitrogens is 4. The van der Waals surface area contributed by atoms with Crippen molar-refractivity contribution in [1.29, 1.82) is 0 Å². The molecule has 0 fully saturated rings. The lowest BCUT2D eigenvalue weighted by molar-refractivity contribution is 0.305. The number of hydrogen-bond donors (Lipinski definition) is 2. The summed E-state index contributed by atoms with van der Waals surface area (Å²) in [5, 5.41) is 10.2. The van der Waals surface area contributed by atoms with Crippen LogP contribution in [0.2, 0.25) is 5.28 Å². The summed E-state index contributed by atoms with van der Waals surface area (Å²) in [6, 6.07) is 11.7. The molecule has 0 aliphatic heterocycles. The van der Waals surface area contributed by atoms with Crippen LogP contribution in [0.4, 0.5) is 11.6 Å². The SMILES string of the molecule is Cc1cc(Nc2nc(Cl)ncc2OCc2ccccc2)n[nH]1. The van der Waals surface area contributed by atoms with Gasteiger partial charge in [0.05, 0.1) is 6.20 Å². The number of nitrogens with one attached hydrogen (secondary N) is 2. The molecule has 2 N–H and O–H groups in total. The maximum atomic E-state index is 5.86. The van der Waals surface area contributed by atoms with Gasteiger partial charge < -0.3 is 10.1 Å². The van der Waals surface area contributed by atoms with Crippen molar-refractivity contribution < 1.29 is 4.74 Å². The minimum absolute atomic E-state index is 0.141. The highest BCUT2D eigenvalue weighted by Crippen LogP contribution is 2.26. The van der Waals surface area contributed by atoms with E-state index in [1.807, 2.05) is 43.3 Å². The van der Waals surface area contributed by atoms with Crippen molar-refractivity contribution in [2.24, 2.45) is 0 Å². The van der Waals surface area contributed by atoms with Crippen LogP contribution < -0.4 is 10.1 Å². The van der Waals surface area contributed by atoms with Crippen LogP contribution in [0.3, 0.4) is 0 Å². The molecule has 0 radical (unpaired) electrons. The average molecular weight is 316 g/mol. The molecule has 0 spiro atoms. The summed E-state index contributed by atoms with van der Waals surface area (Å²) in [4.78, 5) is 8.11. The van der Waals surface area contributed by atoms with Gasteiger partial charge >= 0.3 is 0 Å². The molecule has 112 valence electrons. The Morgan fingerprint density at radius 1 is 1.27 bits per heavy atom. The first-order chi connectivity index (χ1) is 10.7. The van der Waals surface area contributed by atoms with Crippen molar-refractivity contribution in [1.82, 2.24) is 20.2 Å². The highest BCUT2D eigenvalue weighted by molar-refractivity contribution is 6.28. The lowest BCUT2D eigenvalue weighted by Crippen LogP contribution is -2.02. The Morgan fingerprint density at radius 2 is 2.09 bits per heavy atom. The van der Waals surface area contributed by atoms with Crippen molar-refractivity contribution in [3.63, 3.8) is 0 Å². The maximum absolute atomic E-state index is 5.86. The van der Waals surface area contributed by atoms with E-state index in [1.54, 1.807) is 6.20 Å². The third-order valence-corrected chi connectivity index (χ3v) is 3.10. The molecule has 0 bridgehead atoms. The Labute approximate surface area is 132 Å². The Bertz CT molecular complexity index is 760. The molecule has 0 atom stereocenters. The molecule has 0 aliphatic carbocycles. The second kappa shape index (κ2) is 6.44. The van der Waals surface area contributed by atoms with Gasteiger partial charge in [0.2, 0.25) is 5.28 Å². The number of ether oxygens (including phenoxy) is 1. The van der Waals surface area contributed by atoms with Crippen LogP contribution in [-0.2, 0) is 6.61 Å². The smallest absolute Gasteiger partial charge is 0.224 e. The van der Waals surface area contributed by atoms with Crippen molar-refractivity contribution >= 4 is 23.2 Å². The molecule has 0 amide bonds. The molecule has 7 heteroatoms. The monoisotopic (exact) mass is 315 g/mol. The molecule has 0 saturated heterocycles. The van der Waals surface area contributed by atoms with Gasteiger partial charge in [-0.15, -0.1) is 0 Å². The zero-order valence-corrected chi connectivity index (χ0v) is 12.6. The summed E-state index contributed by atoms with van der Waals surface area (Å²) in [5.74, 6) is 1.62. The molecule has 0 aliphatic rings.